The van der Waals surface area contributed by atoms with Crippen molar-refractivity contribution in [2.24, 2.45) is 0 Å². The maximum absolute atomic E-state index is 13.6. The summed E-state index contributed by atoms with van der Waals surface area (Å²) in [6.07, 6.45) is 10.3. The van der Waals surface area contributed by atoms with Crippen LogP contribution in [0.3, 0.4) is 0 Å². The van der Waals surface area contributed by atoms with Crippen LogP contribution in [0.4, 0.5) is 16.2 Å². The first-order chi connectivity index (χ1) is 16.3. The molecule has 11 heteroatoms. The van der Waals surface area contributed by atoms with Crippen LogP contribution in [0.5, 0.6) is 0 Å². The quantitative estimate of drug-likeness (QED) is 0.553. The molecule has 0 saturated carbocycles. The second-order valence-corrected chi connectivity index (χ2v) is 11.3. The molecule has 2 aliphatic carbocycles. The molecule has 186 valence electrons. The van der Waals surface area contributed by atoms with Crippen LogP contribution in [0, 0.1) is 0 Å². The van der Waals surface area contributed by atoms with Crippen molar-refractivity contribution in [3.05, 3.63) is 40.7 Å². The van der Waals surface area contributed by atoms with Crippen LogP contribution in [0.2, 0.25) is 0 Å². The van der Waals surface area contributed by atoms with Crippen LogP contribution < -0.4 is 43.9 Å². The van der Waals surface area contributed by atoms with Gasteiger partial charge in [0.25, 0.3) is 0 Å². The maximum atomic E-state index is 13.6. The third-order valence-corrected chi connectivity index (χ3v) is 8.56. The number of anilines is 2. The number of urea groups is 1. The van der Waals surface area contributed by atoms with Crippen molar-refractivity contribution in [1.82, 2.24) is 14.5 Å². The van der Waals surface area contributed by atoms with Crippen LogP contribution in [0.15, 0.2) is 18.5 Å². The standard InChI is InChI=1S/C24H33N5O4S.Na.H/c1-16(2)28-15-20(14-25-28)29(19-9-11-33-12-10-19)34(31,32)27-24(30)26-23-21-7-3-5-17(21)13-18-6-4-8-22(18)23;;/h13-16,19H,3-12H2,1-2H3,(H2,26,27,30);;/q;+1;-1. The van der Waals surface area contributed by atoms with Gasteiger partial charge in [0, 0.05) is 31.1 Å². The first kappa shape index (κ1) is 26.5. The van der Waals surface area contributed by atoms with E-state index in [1.807, 2.05) is 13.8 Å². The molecule has 5 rings (SSSR count). The molecular weight excluding hydrogens is 477 g/mol. The Hall–Kier alpha value is -1.59. The van der Waals surface area contributed by atoms with E-state index in [1.54, 1.807) is 17.1 Å². The van der Waals surface area contributed by atoms with Crippen molar-refractivity contribution in [2.45, 2.75) is 77.3 Å². The number of amides is 2. The summed E-state index contributed by atoms with van der Waals surface area (Å²) in [6, 6.07) is 1.34. The number of fused-ring (bicyclic) bond motifs is 2. The number of aryl methyl sites for hydroxylation is 2. The van der Waals surface area contributed by atoms with E-state index in [0.29, 0.717) is 31.7 Å². The van der Waals surface area contributed by atoms with Crippen LogP contribution >= 0.6 is 0 Å². The van der Waals surface area contributed by atoms with Gasteiger partial charge in [-0.25, -0.2) is 13.8 Å². The summed E-state index contributed by atoms with van der Waals surface area (Å²) in [7, 11) is -4.17. The summed E-state index contributed by atoms with van der Waals surface area (Å²) >= 11 is 0. The Labute approximate surface area is 230 Å². The molecule has 1 fully saturated rings. The minimum atomic E-state index is -4.17. The average Bonchev–Trinajstić information content (AvgIpc) is 3.54. The number of rotatable bonds is 6. The number of ether oxygens (including phenoxy) is 1. The Bertz CT molecular complexity index is 1170. The molecule has 0 atom stereocenters. The molecule has 2 heterocycles. The number of aromatic nitrogens is 2. The first-order valence-electron chi connectivity index (χ1n) is 12.2. The fourth-order valence-corrected chi connectivity index (χ4v) is 6.82. The summed E-state index contributed by atoms with van der Waals surface area (Å²) in [5, 5.41) is 7.25. The van der Waals surface area contributed by atoms with E-state index in [2.05, 4.69) is 21.2 Å². The molecular formula is C24H34N5NaO4S. The Balaban J connectivity index is 0.00000180. The SMILES string of the molecule is CC(C)n1cc(N(C2CCOCC2)S(=O)(=O)NC(=O)Nc2c3c(cc4c2CCC4)CCC3)cn1.[H-].[Na+]. The molecule has 9 nitrogen and oxygen atoms in total. The molecule has 0 bridgehead atoms. The molecule has 2 amide bonds. The van der Waals surface area contributed by atoms with Gasteiger partial charge < -0.3 is 11.5 Å². The van der Waals surface area contributed by atoms with E-state index >= 15 is 0 Å². The zero-order valence-electron chi connectivity index (χ0n) is 21.8. The van der Waals surface area contributed by atoms with Gasteiger partial charge in [-0.05, 0) is 87.5 Å². The van der Waals surface area contributed by atoms with Gasteiger partial charge in [0.2, 0.25) is 0 Å². The fourth-order valence-electron chi connectivity index (χ4n) is 5.46. The second-order valence-electron chi connectivity index (χ2n) is 9.71. The van der Waals surface area contributed by atoms with Crippen LogP contribution in [0.1, 0.15) is 69.3 Å². The normalized spacial score (nSPS) is 17.6. The maximum Gasteiger partial charge on any atom is 1.00 e. The smallest absolute Gasteiger partial charge is 1.00 e. The van der Waals surface area contributed by atoms with Crippen LogP contribution in [0.25, 0.3) is 0 Å². The third kappa shape index (κ3) is 5.41. The summed E-state index contributed by atoms with van der Waals surface area (Å²) in [5.41, 5.74) is 6.15. The van der Waals surface area contributed by atoms with Gasteiger partial charge in [-0.15, -0.1) is 0 Å². The number of carbonyl (C=O) groups excluding carboxylic acids is 1. The van der Waals surface area contributed by atoms with E-state index in [1.165, 1.54) is 15.4 Å². The van der Waals surface area contributed by atoms with Gasteiger partial charge >= 0.3 is 45.8 Å². The number of hydrogen-bond acceptors (Lipinski definition) is 5. The summed E-state index contributed by atoms with van der Waals surface area (Å²) in [6.45, 7) is 4.91. The molecule has 3 aliphatic rings. The van der Waals surface area contributed by atoms with Crippen LogP contribution in [-0.4, -0.2) is 43.5 Å². The zero-order chi connectivity index (χ0) is 23.9. The van der Waals surface area contributed by atoms with Crippen molar-refractivity contribution in [3.63, 3.8) is 0 Å². The minimum absolute atomic E-state index is 0. The number of nitrogens with zero attached hydrogens (tertiary/aromatic N) is 3. The number of hydrogen-bond donors (Lipinski definition) is 2. The molecule has 2 N–H and O–H groups in total. The van der Waals surface area contributed by atoms with Crippen molar-refractivity contribution < 1.29 is 48.9 Å². The van der Waals surface area contributed by atoms with E-state index in [9.17, 15) is 13.2 Å². The summed E-state index contributed by atoms with van der Waals surface area (Å²) < 4.78 is 37.9. The van der Waals surface area contributed by atoms with E-state index < -0.39 is 16.2 Å². The second kappa shape index (κ2) is 10.8. The van der Waals surface area contributed by atoms with Gasteiger partial charge in [-0.2, -0.15) is 13.5 Å². The van der Waals surface area contributed by atoms with E-state index in [0.717, 1.165) is 55.3 Å². The van der Waals surface area contributed by atoms with Gasteiger partial charge in [-0.3, -0.25) is 4.68 Å². The summed E-state index contributed by atoms with van der Waals surface area (Å²) in [4.78, 5) is 13.1. The van der Waals surface area contributed by atoms with Gasteiger partial charge in [0.05, 0.1) is 17.9 Å². The molecule has 1 aromatic carbocycles. The van der Waals surface area contributed by atoms with Crippen molar-refractivity contribution in [2.75, 3.05) is 22.8 Å². The number of nitrogens with one attached hydrogen (secondary N) is 2. The fraction of sp³-hybridized carbons (Fsp3) is 0.583. The topological polar surface area (TPSA) is 106 Å². The molecule has 2 aromatic rings. The number of benzene rings is 1. The third-order valence-electron chi connectivity index (χ3n) is 7.09. The monoisotopic (exact) mass is 511 g/mol. The Morgan fingerprint density at radius 1 is 1.14 bits per heavy atom. The van der Waals surface area contributed by atoms with E-state index in [4.69, 9.17) is 4.74 Å². The largest absolute Gasteiger partial charge is 1.00 e. The molecule has 0 radical (unpaired) electrons. The first-order valence-corrected chi connectivity index (χ1v) is 13.7. The molecule has 1 saturated heterocycles. The van der Waals surface area contributed by atoms with Crippen molar-refractivity contribution in [3.8, 4) is 0 Å². The van der Waals surface area contributed by atoms with Gasteiger partial charge in [-0.1, -0.05) is 6.07 Å². The molecule has 0 unspecified atom stereocenters. The predicted octanol–water partition coefficient (Wildman–Crippen LogP) is 0.610. The van der Waals surface area contributed by atoms with E-state index in [-0.39, 0.29) is 43.1 Å². The predicted molar refractivity (Wildman–Crippen MR) is 132 cm³/mol. The van der Waals surface area contributed by atoms with Gasteiger partial charge in [0.15, 0.2) is 0 Å². The Morgan fingerprint density at radius 3 is 2.34 bits per heavy atom. The molecule has 1 aromatic heterocycles. The number of carbonyl (C=O) groups is 1. The Kier molecular flexibility index (Phi) is 8.17. The Morgan fingerprint density at radius 2 is 1.77 bits per heavy atom. The molecule has 35 heavy (non-hydrogen) atoms. The van der Waals surface area contributed by atoms with Gasteiger partial charge in [0.1, 0.15) is 0 Å². The van der Waals surface area contributed by atoms with Crippen molar-refractivity contribution in [1.29, 1.82) is 0 Å². The molecule has 0 spiro atoms. The summed E-state index contributed by atoms with van der Waals surface area (Å²) in [5.74, 6) is 0. The zero-order valence-corrected chi connectivity index (χ0v) is 23.7. The average molecular weight is 512 g/mol. The molecule has 1 aliphatic heterocycles. The van der Waals surface area contributed by atoms with Crippen LogP contribution in [-0.2, 0) is 40.6 Å². The minimum Gasteiger partial charge on any atom is -1.00 e. The van der Waals surface area contributed by atoms with Crippen molar-refractivity contribution >= 4 is 27.6 Å².